The van der Waals surface area contributed by atoms with Gasteiger partial charge in [0.2, 0.25) is 5.69 Å². The zero-order valence-corrected chi connectivity index (χ0v) is 48.1. The van der Waals surface area contributed by atoms with Gasteiger partial charge in [-0.2, -0.15) is 46.7 Å². The maximum atomic E-state index is 13.0. The van der Waals surface area contributed by atoms with Crippen LogP contribution in [0.4, 0.5) is 11.4 Å². The summed E-state index contributed by atoms with van der Waals surface area (Å²) in [6.45, 7) is 5.57. The summed E-state index contributed by atoms with van der Waals surface area (Å²) in [6, 6.07) is 9.25. The van der Waals surface area contributed by atoms with E-state index in [4.69, 9.17) is 21.2 Å². The second-order valence-electron chi connectivity index (χ2n) is 20.3. The van der Waals surface area contributed by atoms with Crippen molar-refractivity contribution in [2.45, 2.75) is 109 Å². The van der Waals surface area contributed by atoms with Crippen LogP contribution in [0.1, 0.15) is 89.7 Å². The first-order valence-electron chi connectivity index (χ1n) is 24.6. The van der Waals surface area contributed by atoms with Gasteiger partial charge in [0.05, 0.1) is 21.0 Å². The van der Waals surface area contributed by atoms with Crippen LogP contribution in [0.15, 0.2) is 114 Å². The highest BCUT2D eigenvalue weighted by Crippen LogP contribution is 2.53. The lowest BCUT2D eigenvalue weighted by Crippen LogP contribution is -2.33. The molecular weight excluding hydrogens is 1170 g/mol. The normalized spacial score (nSPS) is 20.2. The summed E-state index contributed by atoms with van der Waals surface area (Å²) >= 11 is 7.29. The fourth-order valence-corrected chi connectivity index (χ4v) is 14.6. The zero-order chi connectivity index (χ0) is 58.9. The van der Waals surface area contributed by atoms with Gasteiger partial charge in [-0.3, -0.25) is 32.4 Å². The van der Waals surface area contributed by atoms with Gasteiger partial charge in [-0.15, -0.1) is 5.06 Å². The van der Waals surface area contributed by atoms with E-state index in [9.17, 15) is 79.2 Å². The smallest absolute Gasteiger partial charge is 0.333 e. The number of allylic oxidation sites excluding steroid dienone is 8. The number of carbonyl (C=O) groups is 3. The molecule has 8 rings (SSSR count). The minimum Gasteiger partial charge on any atom is -0.378 e. The van der Waals surface area contributed by atoms with Crippen molar-refractivity contribution in [3.63, 3.8) is 0 Å². The molecule has 4 aromatic carbocycles. The lowest BCUT2D eigenvalue weighted by Gasteiger charge is -2.27. The van der Waals surface area contributed by atoms with Crippen LogP contribution in [0, 0.1) is 0 Å². The van der Waals surface area contributed by atoms with Gasteiger partial charge in [0.25, 0.3) is 62.4 Å². The number of rotatable bonds is 19. The average Bonchev–Trinajstić information content (AvgIpc) is 3.91. The molecule has 0 radical (unpaired) electrons. The van der Waals surface area contributed by atoms with E-state index in [1.807, 2.05) is 4.58 Å². The summed E-state index contributed by atoms with van der Waals surface area (Å²) in [7, 11) is -23.4. The Morgan fingerprint density at radius 1 is 0.713 bits per heavy atom. The summed E-state index contributed by atoms with van der Waals surface area (Å²) < 4.78 is 184. The van der Waals surface area contributed by atoms with Crippen molar-refractivity contribution in [3.05, 3.63) is 106 Å². The molecule has 0 saturated carbocycles. The molecule has 430 valence electrons. The number of nitrogens with zero attached hydrogens (tertiary/aromatic N) is 3. The molecule has 1 aliphatic carbocycles. The average molecular weight is 1230 g/mol. The molecule has 23 nitrogen and oxygen atoms in total. The van der Waals surface area contributed by atoms with E-state index in [0.717, 1.165) is 12.1 Å². The number of benzene rings is 4. The molecule has 1 saturated heterocycles. The molecule has 29 heteroatoms. The number of hydrogen-bond acceptors (Lipinski definition) is 16. The highest BCUT2D eigenvalue weighted by atomic mass is 35.5. The molecule has 3 aliphatic heterocycles. The number of anilines is 1. The molecule has 4 aliphatic rings. The molecule has 5 N–H and O–H groups in total. The van der Waals surface area contributed by atoms with E-state index in [1.165, 1.54) is 19.2 Å². The Morgan fingerprint density at radius 3 is 1.84 bits per heavy atom. The number of carbonyl (C=O) groups excluding carboxylic acids is 3. The number of ether oxygens (including phenoxy) is 1. The van der Waals surface area contributed by atoms with Gasteiger partial charge in [-0.05, 0) is 115 Å². The van der Waals surface area contributed by atoms with Gasteiger partial charge in [-0.25, -0.2) is 4.79 Å². The number of hydroxylamine groups is 2. The molecule has 0 spiro atoms. The monoisotopic (exact) mass is 1220 g/mol. The first kappa shape index (κ1) is 60.3. The Labute approximate surface area is 466 Å². The first-order chi connectivity index (χ1) is 37.1. The van der Waals surface area contributed by atoms with Crippen LogP contribution in [0.5, 0.6) is 0 Å². The molecule has 0 aromatic heterocycles. The zero-order valence-electron chi connectivity index (χ0n) is 43.2. The fraction of sp³-hybridized carbons (Fsp3) is 0.373. The third-order valence-electron chi connectivity index (χ3n) is 14.7. The highest BCUT2D eigenvalue weighted by molar-refractivity contribution is 7.87. The third-order valence-corrected chi connectivity index (χ3v) is 19.4. The number of imide groups is 1. The van der Waals surface area contributed by atoms with Crippen LogP contribution in [-0.2, 0) is 85.4 Å². The van der Waals surface area contributed by atoms with Crippen molar-refractivity contribution in [3.8, 4) is 0 Å². The van der Waals surface area contributed by atoms with Crippen molar-refractivity contribution in [2.24, 2.45) is 0 Å². The Morgan fingerprint density at radius 2 is 1.29 bits per heavy atom. The minimum atomic E-state index is -5.12. The maximum absolute atomic E-state index is 13.0. The van der Waals surface area contributed by atoms with Crippen molar-refractivity contribution in [1.82, 2.24) is 5.06 Å². The second kappa shape index (κ2) is 21.9. The number of hydrogen-bond donors (Lipinski definition) is 5. The Balaban J connectivity index is 1.25. The van der Waals surface area contributed by atoms with E-state index in [-0.39, 0.29) is 79.8 Å². The SMILES string of the molecule is COCC[N+]1=C(/C=C/C2=C(Cl)C(=C/C=C3/N(CCCC(=O)ON4C(=O)CCC4=O)c4ccc5c(S(=O)(=O)O)cc(S(=O)(=O)O)cc5c4C3(C)C)/CCC2)C(C)(CCCS(=O)(=O)O)c2c1ccc1c(S(=O)(=O)O)cc(S(=O)(=O)O)cc21. The third kappa shape index (κ3) is 11.9. The van der Waals surface area contributed by atoms with E-state index < -0.39 is 105 Å². The van der Waals surface area contributed by atoms with Crippen LogP contribution >= 0.6 is 11.6 Å². The molecule has 1 unspecified atom stereocenters. The maximum Gasteiger partial charge on any atom is 0.333 e. The molecular formula is C51H55ClN3O20S5+. The topological polar surface area (TPSA) is 351 Å². The molecule has 2 amide bonds. The molecule has 0 bridgehead atoms. The van der Waals surface area contributed by atoms with Crippen LogP contribution < -0.4 is 4.90 Å². The van der Waals surface area contributed by atoms with E-state index in [0.29, 0.717) is 86.5 Å². The first-order valence-corrected chi connectivity index (χ1v) is 32.4. The quantitative estimate of drug-likeness (QED) is 0.0363. The largest absolute Gasteiger partial charge is 0.378 e. The van der Waals surface area contributed by atoms with Crippen molar-refractivity contribution < 1.29 is 93.4 Å². The predicted molar refractivity (Wildman–Crippen MR) is 291 cm³/mol. The number of amides is 2. The summed E-state index contributed by atoms with van der Waals surface area (Å²) in [4.78, 5) is 40.9. The lowest BCUT2D eigenvalue weighted by molar-refractivity contribution is -0.441. The summed E-state index contributed by atoms with van der Waals surface area (Å²) in [6.07, 6.45) is 7.77. The van der Waals surface area contributed by atoms with Crippen molar-refractivity contribution in [1.29, 1.82) is 0 Å². The molecule has 80 heavy (non-hydrogen) atoms. The standard InChI is InChI=1S/C51H54ClN3O20S5/c1-50(2)42(53(22-6-10-46(58)75-55-44(56)19-20-45(55)57)38-15-13-34-36(47(38)50)26-32(77(62,63)64)28-40(34)79(68,69)70)17-11-30-8-5-9-31(49(30)52)12-18-43-51(3,21-7-25-76(59,60)61)48-37-27-33(78(65,66)67)29-41(80(71,72)73)35(37)14-16-39(48)54(43)23-24-74-4/h11-18,26-29H,5-10,19-25H2,1-4H3,(H4-,59,60,61,62,63,64,65,66,67,68,69,70,71,72,73)/p+1. The summed E-state index contributed by atoms with van der Waals surface area (Å²) in [5.74, 6) is -2.90. The van der Waals surface area contributed by atoms with Gasteiger partial charge < -0.3 is 14.5 Å². The summed E-state index contributed by atoms with van der Waals surface area (Å²) in [5, 5.41) is 0.600. The number of fused-ring (bicyclic) bond motifs is 6. The van der Waals surface area contributed by atoms with Gasteiger partial charge in [0, 0.05) is 83.2 Å². The van der Waals surface area contributed by atoms with Gasteiger partial charge in [-0.1, -0.05) is 43.7 Å². The van der Waals surface area contributed by atoms with Crippen LogP contribution in [0.2, 0.25) is 0 Å². The molecule has 4 aromatic rings. The molecule has 1 atom stereocenters. The second-order valence-corrected chi connectivity index (χ2v) is 27.9. The number of methoxy groups -OCH3 is 1. The lowest BCUT2D eigenvalue weighted by atomic mass is 9.74. The van der Waals surface area contributed by atoms with Crippen LogP contribution in [-0.4, -0.2) is 131 Å². The van der Waals surface area contributed by atoms with Crippen molar-refractivity contribution >= 4 is 119 Å². The number of halogens is 1. The molecule has 3 heterocycles. The van der Waals surface area contributed by atoms with Crippen molar-refractivity contribution in [2.75, 3.05) is 37.5 Å². The van der Waals surface area contributed by atoms with E-state index in [2.05, 4.69) is 0 Å². The van der Waals surface area contributed by atoms with Gasteiger partial charge in [0.1, 0.15) is 16.4 Å². The van der Waals surface area contributed by atoms with Crippen LogP contribution in [0.3, 0.4) is 0 Å². The fourth-order valence-electron chi connectivity index (χ4n) is 11.1. The van der Waals surface area contributed by atoms with E-state index in [1.54, 1.807) is 62.1 Å². The Hall–Kier alpha value is -5.76. The minimum absolute atomic E-state index is 0.00893. The molecule has 1 fully saturated rings. The van der Waals surface area contributed by atoms with Gasteiger partial charge in [0.15, 0.2) is 12.3 Å². The van der Waals surface area contributed by atoms with E-state index >= 15 is 0 Å². The highest BCUT2D eigenvalue weighted by Gasteiger charge is 2.49. The summed E-state index contributed by atoms with van der Waals surface area (Å²) in [5.41, 5.74) is 1.33. The Bertz CT molecular complexity index is 4100. The van der Waals surface area contributed by atoms with Gasteiger partial charge >= 0.3 is 5.97 Å². The van der Waals surface area contributed by atoms with Crippen LogP contribution in [0.25, 0.3) is 21.5 Å². The Kier molecular flexibility index (Phi) is 16.5. The predicted octanol–water partition coefficient (Wildman–Crippen LogP) is 6.88.